The lowest BCUT2D eigenvalue weighted by Gasteiger charge is -2.28. The van der Waals surface area contributed by atoms with Crippen LogP contribution < -0.4 is 0 Å². The first-order chi connectivity index (χ1) is 10.3. The highest BCUT2D eigenvalue weighted by Gasteiger charge is 2.21. The fourth-order valence-electron chi connectivity index (χ4n) is 2.73. The topological polar surface area (TPSA) is 16.8 Å². The zero-order valence-corrected chi connectivity index (χ0v) is 12.1. The van der Waals surface area contributed by atoms with E-state index in [9.17, 15) is 0 Å². The maximum Gasteiger partial charge on any atom is 0.187 e. The predicted octanol–water partition coefficient (Wildman–Crippen LogP) is 3.79. The molecule has 2 aromatic rings. The van der Waals surface area contributed by atoms with Crippen LogP contribution in [0, 0.1) is 6.57 Å². The Morgan fingerprint density at radius 3 is 2.76 bits per heavy atom. The number of nitrogens with zero attached hydrogens (tertiary/aromatic N) is 2. The van der Waals surface area contributed by atoms with Gasteiger partial charge in [0.25, 0.3) is 0 Å². The molecule has 3 nitrogen and oxygen atoms in total. The van der Waals surface area contributed by atoms with Gasteiger partial charge in [-0.25, -0.2) is 4.85 Å². The molecule has 1 aliphatic rings. The fraction of sp³-hybridized carbons (Fsp3) is 0.278. The molecule has 0 radical (unpaired) electrons. The SMILES string of the molecule is [C-]#[N+]c1ccc2c(c1)C(c1ccccc1)OCCN(C)C2. The largest absolute Gasteiger partial charge is 0.368 e. The molecule has 2 aromatic carbocycles. The predicted molar refractivity (Wildman–Crippen MR) is 83.3 cm³/mol. The molecule has 0 fully saturated rings. The average Bonchev–Trinajstić information content (AvgIpc) is 2.51. The number of ether oxygens (including phenoxy) is 1. The van der Waals surface area contributed by atoms with Crippen LogP contribution in [0.3, 0.4) is 0 Å². The molecule has 3 rings (SSSR count). The van der Waals surface area contributed by atoms with Gasteiger partial charge in [0.1, 0.15) is 6.10 Å². The van der Waals surface area contributed by atoms with E-state index in [-0.39, 0.29) is 6.10 Å². The zero-order chi connectivity index (χ0) is 14.7. The maximum atomic E-state index is 7.24. The third kappa shape index (κ3) is 2.97. The number of fused-ring (bicyclic) bond motifs is 1. The first-order valence-corrected chi connectivity index (χ1v) is 7.13. The molecule has 0 saturated heterocycles. The molecule has 106 valence electrons. The van der Waals surface area contributed by atoms with E-state index in [0.29, 0.717) is 12.3 Å². The summed E-state index contributed by atoms with van der Waals surface area (Å²) in [4.78, 5) is 5.81. The first kappa shape index (κ1) is 13.8. The van der Waals surface area contributed by atoms with E-state index < -0.39 is 0 Å². The van der Waals surface area contributed by atoms with Crippen molar-refractivity contribution >= 4 is 5.69 Å². The van der Waals surface area contributed by atoms with E-state index >= 15 is 0 Å². The van der Waals surface area contributed by atoms with Gasteiger partial charge in [-0.1, -0.05) is 48.5 Å². The molecular weight excluding hydrogens is 260 g/mol. The third-order valence-corrected chi connectivity index (χ3v) is 3.84. The van der Waals surface area contributed by atoms with Gasteiger partial charge in [-0.05, 0) is 23.7 Å². The van der Waals surface area contributed by atoms with Crippen LogP contribution in [-0.4, -0.2) is 25.1 Å². The van der Waals surface area contributed by atoms with E-state index in [4.69, 9.17) is 11.3 Å². The highest BCUT2D eigenvalue weighted by molar-refractivity contribution is 5.52. The first-order valence-electron chi connectivity index (χ1n) is 7.13. The lowest BCUT2D eigenvalue weighted by Crippen LogP contribution is -2.27. The van der Waals surface area contributed by atoms with Crippen molar-refractivity contribution in [1.29, 1.82) is 0 Å². The minimum atomic E-state index is -0.0865. The Bertz CT molecular complexity index is 661. The Kier molecular flexibility index (Phi) is 4.01. The lowest BCUT2D eigenvalue weighted by atomic mass is 9.95. The van der Waals surface area contributed by atoms with E-state index in [2.05, 4.69) is 35.0 Å². The van der Waals surface area contributed by atoms with E-state index in [0.717, 1.165) is 24.2 Å². The molecule has 1 unspecified atom stereocenters. The second kappa shape index (κ2) is 6.09. The molecule has 1 aliphatic heterocycles. The van der Waals surface area contributed by atoms with Crippen LogP contribution in [0.4, 0.5) is 5.69 Å². The Labute approximate surface area is 125 Å². The van der Waals surface area contributed by atoms with E-state index in [1.165, 1.54) is 5.56 Å². The smallest absolute Gasteiger partial charge is 0.187 e. The molecule has 1 heterocycles. The summed E-state index contributed by atoms with van der Waals surface area (Å²) >= 11 is 0. The van der Waals surface area contributed by atoms with Crippen molar-refractivity contribution in [2.45, 2.75) is 12.6 Å². The van der Waals surface area contributed by atoms with Gasteiger partial charge in [0.15, 0.2) is 5.69 Å². The van der Waals surface area contributed by atoms with Crippen molar-refractivity contribution in [3.05, 3.63) is 76.6 Å². The quantitative estimate of drug-likeness (QED) is 0.738. The molecule has 1 atom stereocenters. The third-order valence-electron chi connectivity index (χ3n) is 3.84. The van der Waals surface area contributed by atoms with Gasteiger partial charge in [-0.3, -0.25) is 4.90 Å². The van der Waals surface area contributed by atoms with Crippen molar-refractivity contribution in [3.63, 3.8) is 0 Å². The standard InChI is InChI=1S/C18H18N2O/c1-19-16-9-8-15-13-20(2)10-11-21-18(17(15)12-16)14-6-4-3-5-7-14/h3-9,12,18H,10-11,13H2,2H3. The van der Waals surface area contributed by atoms with Crippen molar-refractivity contribution in [2.24, 2.45) is 0 Å². The summed E-state index contributed by atoms with van der Waals surface area (Å²) < 4.78 is 6.12. The van der Waals surface area contributed by atoms with Crippen LogP contribution in [0.15, 0.2) is 48.5 Å². The summed E-state index contributed by atoms with van der Waals surface area (Å²) in [6.45, 7) is 9.73. The number of hydrogen-bond donors (Lipinski definition) is 0. The number of rotatable bonds is 1. The Hall–Kier alpha value is -2.15. The fourth-order valence-corrected chi connectivity index (χ4v) is 2.73. The molecule has 0 spiro atoms. The van der Waals surface area contributed by atoms with Crippen LogP contribution in [-0.2, 0) is 11.3 Å². The minimum absolute atomic E-state index is 0.0865. The van der Waals surface area contributed by atoms with Crippen molar-refractivity contribution in [1.82, 2.24) is 4.90 Å². The molecule has 21 heavy (non-hydrogen) atoms. The van der Waals surface area contributed by atoms with Gasteiger partial charge in [0.2, 0.25) is 0 Å². The number of benzene rings is 2. The van der Waals surface area contributed by atoms with Gasteiger partial charge in [-0.2, -0.15) is 0 Å². The zero-order valence-electron chi connectivity index (χ0n) is 12.1. The van der Waals surface area contributed by atoms with Gasteiger partial charge in [-0.15, -0.1) is 0 Å². The molecule has 0 saturated carbocycles. The van der Waals surface area contributed by atoms with Crippen molar-refractivity contribution < 1.29 is 4.74 Å². The Morgan fingerprint density at radius 2 is 2.00 bits per heavy atom. The van der Waals surface area contributed by atoms with Crippen LogP contribution in [0.5, 0.6) is 0 Å². The molecule has 0 aliphatic carbocycles. The molecule has 0 bridgehead atoms. The summed E-state index contributed by atoms with van der Waals surface area (Å²) in [5.41, 5.74) is 4.16. The number of likely N-dealkylation sites (N-methyl/N-ethyl adjacent to an activating group) is 1. The summed E-state index contributed by atoms with van der Waals surface area (Å²) in [7, 11) is 2.10. The van der Waals surface area contributed by atoms with Crippen LogP contribution in [0.25, 0.3) is 4.85 Å². The number of hydrogen-bond acceptors (Lipinski definition) is 2. The van der Waals surface area contributed by atoms with Gasteiger partial charge < -0.3 is 4.74 Å². The Morgan fingerprint density at radius 1 is 1.19 bits per heavy atom. The summed E-state index contributed by atoms with van der Waals surface area (Å²) in [6.07, 6.45) is -0.0865. The summed E-state index contributed by atoms with van der Waals surface area (Å²) in [5.74, 6) is 0. The molecule has 0 N–H and O–H groups in total. The van der Waals surface area contributed by atoms with Crippen LogP contribution >= 0.6 is 0 Å². The van der Waals surface area contributed by atoms with E-state index in [1.54, 1.807) is 0 Å². The van der Waals surface area contributed by atoms with Gasteiger partial charge in [0.05, 0.1) is 13.2 Å². The highest BCUT2D eigenvalue weighted by atomic mass is 16.5. The molecule has 3 heteroatoms. The average molecular weight is 278 g/mol. The molecular formula is C18H18N2O. The van der Waals surface area contributed by atoms with Gasteiger partial charge in [0, 0.05) is 13.1 Å². The monoisotopic (exact) mass is 278 g/mol. The van der Waals surface area contributed by atoms with Gasteiger partial charge >= 0.3 is 0 Å². The van der Waals surface area contributed by atoms with Crippen LogP contribution in [0.2, 0.25) is 0 Å². The molecule has 0 amide bonds. The van der Waals surface area contributed by atoms with E-state index in [1.807, 2.05) is 30.3 Å². The Balaban J connectivity index is 2.10. The van der Waals surface area contributed by atoms with Crippen molar-refractivity contribution in [3.8, 4) is 0 Å². The second-order valence-corrected chi connectivity index (χ2v) is 5.39. The van der Waals surface area contributed by atoms with Crippen LogP contribution in [0.1, 0.15) is 22.8 Å². The maximum absolute atomic E-state index is 7.24. The summed E-state index contributed by atoms with van der Waals surface area (Å²) in [5, 5.41) is 0. The normalized spacial score (nSPS) is 19.1. The van der Waals surface area contributed by atoms with Crippen molar-refractivity contribution in [2.75, 3.05) is 20.2 Å². The minimum Gasteiger partial charge on any atom is -0.368 e. The second-order valence-electron chi connectivity index (χ2n) is 5.39. The highest BCUT2D eigenvalue weighted by Crippen LogP contribution is 2.33. The molecule has 0 aromatic heterocycles. The summed E-state index contributed by atoms with van der Waals surface area (Å²) in [6, 6.07) is 16.2. The lowest BCUT2D eigenvalue weighted by molar-refractivity contribution is 0.0554.